The number of anilines is 1. The summed E-state index contributed by atoms with van der Waals surface area (Å²) in [6.07, 6.45) is 6.95. The molecule has 27 heavy (non-hydrogen) atoms. The van der Waals surface area contributed by atoms with Crippen molar-refractivity contribution in [2.45, 2.75) is 33.5 Å². The minimum Gasteiger partial charge on any atom is -0.358 e. The molecule has 11 nitrogen and oxygen atoms in total. The first-order chi connectivity index (χ1) is 12.9. The van der Waals surface area contributed by atoms with Crippen LogP contribution in [0.1, 0.15) is 18.2 Å². The second-order valence-electron chi connectivity index (χ2n) is 5.82. The normalized spacial score (nSPS) is 10.9. The zero-order valence-electron chi connectivity index (χ0n) is 14.7. The third-order valence-electron chi connectivity index (χ3n) is 3.86. The number of amides is 1. The molecule has 3 aromatic heterocycles. The Kier molecular flexibility index (Phi) is 5.35. The molecular weight excluding hydrogens is 420 g/mol. The summed E-state index contributed by atoms with van der Waals surface area (Å²) in [7, 11) is 0. The molecule has 0 aromatic carbocycles. The van der Waals surface area contributed by atoms with E-state index in [1.807, 2.05) is 17.8 Å². The van der Waals surface area contributed by atoms with Crippen molar-refractivity contribution in [1.29, 1.82) is 0 Å². The van der Waals surface area contributed by atoms with Gasteiger partial charge in [-0.2, -0.15) is 14.9 Å². The van der Waals surface area contributed by atoms with Gasteiger partial charge in [0.1, 0.15) is 11.0 Å². The van der Waals surface area contributed by atoms with Crippen LogP contribution in [0.15, 0.2) is 29.3 Å². The van der Waals surface area contributed by atoms with Gasteiger partial charge in [0, 0.05) is 24.5 Å². The molecule has 1 N–H and O–H groups in total. The lowest BCUT2D eigenvalue weighted by molar-refractivity contribution is -0.390. The van der Waals surface area contributed by atoms with Crippen molar-refractivity contribution in [1.82, 2.24) is 29.3 Å². The van der Waals surface area contributed by atoms with Gasteiger partial charge in [0.05, 0.1) is 35.4 Å². The van der Waals surface area contributed by atoms with Crippen LogP contribution in [0.5, 0.6) is 0 Å². The summed E-state index contributed by atoms with van der Waals surface area (Å²) >= 11 is 3.12. The fourth-order valence-electron chi connectivity index (χ4n) is 2.48. The number of aryl methyl sites for hydroxylation is 1. The summed E-state index contributed by atoms with van der Waals surface area (Å²) < 4.78 is 5.06. The van der Waals surface area contributed by atoms with E-state index in [0.29, 0.717) is 17.9 Å². The van der Waals surface area contributed by atoms with Crippen molar-refractivity contribution in [2.75, 3.05) is 5.32 Å². The zero-order valence-corrected chi connectivity index (χ0v) is 16.2. The topological polar surface area (TPSA) is 126 Å². The van der Waals surface area contributed by atoms with Gasteiger partial charge in [0.15, 0.2) is 0 Å². The van der Waals surface area contributed by atoms with Gasteiger partial charge in [-0.05, 0) is 34.7 Å². The largest absolute Gasteiger partial charge is 0.404 e. The van der Waals surface area contributed by atoms with E-state index in [0.717, 1.165) is 12.1 Å². The molecule has 3 aromatic rings. The van der Waals surface area contributed by atoms with E-state index in [-0.39, 0.29) is 22.7 Å². The van der Waals surface area contributed by atoms with E-state index in [2.05, 4.69) is 36.5 Å². The predicted octanol–water partition coefficient (Wildman–Crippen LogP) is 1.96. The van der Waals surface area contributed by atoms with Crippen LogP contribution < -0.4 is 5.32 Å². The Labute approximate surface area is 162 Å². The number of nitro groups is 1. The van der Waals surface area contributed by atoms with Gasteiger partial charge in [-0.15, -0.1) is 0 Å². The highest BCUT2D eigenvalue weighted by molar-refractivity contribution is 9.10. The zero-order chi connectivity index (χ0) is 19.6. The van der Waals surface area contributed by atoms with Crippen molar-refractivity contribution >= 4 is 33.3 Å². The number of halogens is 1. The predicted molar refractivity (Wildman–Crippen MR) is 99.2 cm³/mol. The monoisotopic (exact) mass is 436 g/mol. The molecule has 0 aliphatic carbocycles. The molecule has 0 saturated carbocycles. The van der Waals surface area contributed by atoms with Crippen molar-refractivity contribution in [3.8, 4) is 0 Å². The molecule has 142 valence electrons. The van der Waals surface area contributed by atoms with Gasteiger partial charge < -0.3 is 15.4 Å². The fraction of sp³-hybridized carbons (Fsp3) is 0.333. The summed E-state index contributed by atoms with van der Waals surface area (Å²) in [4.78, 5) is 22.5. The highest BCUT2D eigenvalue weighted by atomic mass is 79.9. The van der Waals surface area contributed by atoms with Crippen LogP contribution in [-0.2, 0) is 24.4 Å². The number of aromatic nitrogens is 6. The molecule has 0 spiro atoms. The molecule has 0 atom stereocenters. The molecule has 0 radical (unpaired) electrons. The van der Waals surface area contributed by atoms with Crippen LogP contribution in [-0.4, -0.2) is 40.2 Å². The first-order valence-electron chi connectivity index (χ1n) is 8.08. The van der Waals surface area contributed by atoms with Crippen LogP contribution in [0, 0.1) is 17.0 Å². The van der Waals surface area contributed by atoms with Crippen LogP contribution in [0.25, 0.3) is 0 Å². The van der Waals surface area contributed by atoms with Crippen LogP contribution >= 0.6 is 15.9 Å². The molecule has 3 heterocycles. The first-order valence-corrected chi connectivity index (χ1v) is 8.87. The van der Waals surface area contributed by atoms with E-state index in [9.17, 15) is 14.9 Å². The number of carbonyl (C=O) groups is 1. The molecule has 0 aliphatic rings. The Balaban J connectivity index is 1.62. The second kappa shape index (κ2) is 7.70. The van der Waals surface area contributed by atoms with Gasteiger partial charge in [0.2, 0.25) is 5.91 Å². The van der Waals surface area contributed by atoms with Gasteiger partial charge in [0.25, 0.3) is 0 Å². The minimum absolute atomic E-state index is 0.146. The summed E-state index contributed by atoms with van der Waals surface area (Å²) in [5, 5.41) is 25.9. The molecule has 0 fully saturated rings. The van der Waals surface area contributed by atoms with E-state index in [4.69, 9.17) is 0 Å². The van der Waals surface area contributed by atoms with E-state index in [1.165, 1.54) is 10.9 Å². The van der Waals surface area contributed by atoms with E-state index < -0.39 is 4.92 Å². The summed E-state index contributed by atoms with van der Waals surface area (Å²) in [6.45, 7) is 4.83. The molecular formula is C15H17BrN8O3. The Hall–Kier alpha value is -3.02. The maximum Gasteiger partial charge on any atom is 0.404 e. The first kappa shape index (κ1) is 18.8. The van der Waals surface area contributed by atoms with E-state index in [1.54, 1.807) is 24.0 Å². The van der Waals surface area contributed by atoms with Gasteiger partial charge >= 0.3 is 5.82 Å². The standard InChI is InChI=1S/C15H17BrN8O3/c1-3-21-6-11(4-17-21)7-22-8-12(5-18-22)19-13(25)9-23-10(2)14(16)15(20-23)24(26)27/h4-6,8H,3,7,9H2,1-2H3,(H,19,25). The SMILES string of the molecule is CCn1cc(Cn2cc(NC(=O)Cn3nc([N+](=O)[O-])c(Br)c3C)cn2)cn1. The quantitative estimate of drug-likeness (QED) is 0.445. The maximum absolute atomic E-state index is 12.2. The van der Waals surface area contributed by atoms with Crippen molar-refractivity contribution in [3.05, 3.63) is 50.6 Å². The Bertz CT molecular complexity index is 989. The number of hydrogen-bond acceptors (Lipinski definition) is 6. The molecule has 1 amide bonds. The average molecular weight is 437 g/mol. The minimum atomic E-state index is -0.601. The van der Waals surface area contributed by atoms with Crippen LogP contribution in [0.4, 0.5) is 11.5 Å². The van der Waals surface area contributed by atoms with Crippen molar-refractivity contribution in [2.24, 2.45) is 0 Å². The van der Waals surface area contributed by atoms with Crippen LogP contribution in [0.3, 0.4) is 0 Å². The molecule has 12 heteroatoms. The highest BCUT2D eigenvalue weighted by Crippen LogP contribution is 2.26. The van der Waals surface area contributed by atoms with Gasteiger partial charge in [-0.3, -0.25) is 14.2 Å². The summed E-state index contributed by atoms with van der Waals surface area (Å²) in [5.74, 6) is -0.679. The third kappa shape index (κ3) is 4.22. The molecule has 0 unspecified atom stereocenters. The lowest BCUT2D eigenvalue weighted by Gasteiger charge is -2.02. The number of nitrogens with zero attached hydrogens (tertiary/aromatic N) is 7. The number of rotatable bonds is 7. The molecule has 0 saturated heterocycles. The third-order valence-corrected chi connectivity index (χ3v) is 4.78. The highest BCUT2D eigenvalue weighted by Gasteiger charge is 2.24. The Morgan fingerprint density at radius 1 is 1.30 bits per heavy atom. The smallest absolute Gasteiger partial charge is 0.358 e. The molecule has 0 aliphatic heterocycles. The van der Waals surface area contributed by atoms with Gasteiger partial charge in [-0.1, -0.05) is 0 Å². The maximum atomic E-state index is 12.2. The molecule has 3 rings (SSSR count). The van der Waals surface area contributed by atoms with E-state index >= 15 is 0 Å². The Morgan fingerprint density at radius 2 is 2.04 bits per heavy atom. The van der Waals surface area contributed by atoms with Crippen LogP contribution in [0.2, 0.25) is 0 Å². The number of carbonyl (C=O) groups excluding carboxylic acids is 1. The average Bonchev–Trinajstić information content (AvgIpc) is 3.32. The number of nitrogens with one attached hydrogen (secondary N) is 1. The molecule has 0 bridgehead atoms. The lowest BCUT2D eigenvalue weighted by atomic mass is 10.4. The lowest BCUT2D eigenvalue weighted by Crippen LogP contribution is -2.20. The summed E-state index contributed by atoms with van der Waals surface area (Å²) in [6, 6.07) is 0. The fourth-order valence-corrected chi connectivity index (χ4v) is 2.91. The Morgan fingerprint density at radius 3 is 2.67 bits per heavy atom. The number of hydrogen-bond donors (Lipinski definition) is 1. The van der Waals surface area contributed by atoms with Crippen molar-refractivity contribution < 1.29 is 9.72 Å². The van der Waals surface area contributed by atoms with Crippen molar-refractivity contribution in [3.63, 3.8) is 0 Å². The second-order valence-corrected chi connectivity index (χ2v) is 6.61. The van der Waals surface area contributed by atoms with Gasteiger partial charge in [-0.25, -0.2) is 0 Å². The summed E-state index contributed by atoms with van der Waals surface area (Å²) in [5.41, 5.74) is 2.03.